The molecule has 2 aromatic rings. The van der Waals surface area contributed by atoms with Crippen molar-refractivity contribution in [2.24, 2.45) is 0 Å². The van der Waals surface area contributed by atoms with Gasteiger partial charge in [-0.3, -0.25) is 14.5 Å². The van der Waals surface area contributed by atoms with Crippen LogP contribution in [0.2, 0.25) is 0 Å². The predicted octanol–water partition coefficient (Wildman–Crippen LogP) is 0.775. The maximum atomic E-state index is 12.4. The number of aryl methyl sites for hydroxylation is 2. The number of carbonyl (C=O) groups excluding carboxylic acids is 1. The maximum absolute atomic E-state index is 12.4. The number of thiazole rings is 1. The average molecular weight is 347 g/mol. The van der Waals surface area contributed by atoms with Crippen LogP contribution in [0.5, 0.6) is 0 Å². The fourth-order valence-corrected chi connectivity index (χ4v) is 3.33. The summed E-state index contributed by atoms with van der Waals surface area (Å²) in [7, 11) is 0. The number of nitrogens with zero attached hydrogens (tertiary/aromatic N) is 5. The van der Waals surface area contributed by atoms with Crippen LogP contribution in [0.1, 0.15) is 21.2 Å². The van der Waals surface area contributed by atoms with Gasteiger partial charge in [0.1, 0.15) is 5.69 Å². The lowest BCUT2D eigenvalue weighted by atomic mass is 10.3. The minimum absolute atomic E-state index is 0.00979. The molecule has 0 aromatic carbocycles. The van der Waals surface area contributed by atoms with E-state index in [-0.39, 0.29) is 11.5 Å². The molecule has 2 aromatic heterocycles. The minimum Gasteiger partial charge on any atom is -0.335 e. The molecule has 128 valence electrons. The van der Waals surface area contributed by atoms with Gasteiger partial charge < -0.3 is 4.90 Å². The Morgan fingerprint density at radius 2 is 1.92 bits per heavy atom. The lowest BCUT2D eigenvalue weighted by Crippen LogP contribution is -2.49. The first kappa shape index (κ1) is 16.8. The largest absolute Gasteiger partial charge is 0.335 e. The van der Waals surface area contributed by atoms with E-state index in [9.17, 15) is 9.59 Å². The van der Waals surface area contributed by atoms with Crippen molar-refractivity contribution in [1.29, 1.82) is 0 Å². The van der Waals surface area contributed by atoms with Crippen molar-refractivity contribution in [3.05, 3.63) is 44.3 Å². The van der Waals surface area contributed by atoms with E-state index in [2.05, 4.69) is 15.0 Å². The van der Waals surface area contributed by atoms with E-state index < -0.39 is 0 Å². The van der Waals surface area contributed by atoms with Gasteiger partial charge in [-0.1, -0.05) is 0 Å². The number of carbonyl (C=O) groups is 1. The second kappa shape index (κ2) is 7.23. The Hall–Kier alpha value is -2.06. The van der Waals surface area contributed by atoms with Crippen molar-refractivity contribution in [1.82, 2.24) is 24.6 Å². The first-order valence-electron chi connectivity index (χ1n) is 8.01. The fraction of sp³-hybridized carbons (Fsp3) is 0.500. The highest BCUT2D eigenvalue weighted by atomic mass is 32.1. The van der Waals surface area contributed by atoms with Gasteiger partial charge in [-0.05, 0) is 19.9 Å². The van der Waals surface area contributed by atoms with Gasteiger partial charge in [0.25, 0.3) is 11.5 Å². The molecule has 0 radical (unpaired) electrons. The zero-order valence-electron chi connectivity index (χ0n) is 13.9. The summed E-state index contributed by atoms with van der Waals surface area (Å²) < 4.78 is 1.50. The molecule has 1 fully saturated rings. The Balaban J connectivity index is 1.51. The number of amides is 1. The van der Waals surface area contributed by atoms with Crippen LogP contribution < -0.4 is 5.56 Å². The molecule has 0 N–H and O–H groups in total. The average Bonchev–Trinajstić information content (AvgIpc) is 3.02. The molecule has 7 nitrogen and oxygen atoms in total. The van der Waals surface area contributed by atoms with Crippen molar-refractivity contribution in [2.75, 3.05) is 32.7 Å². The lowest BCUT2D eigenvalue weighted by Gasteiger charge is -2.34. The van der Waals surface area contributed by atoms with Gasteiger partial charge in [0.05, 0.1) is 17.2 Å². The molecule has 24 heavy (non-hydrogen) atoms. The Labute approximate surface area is 144 Å². The number of piperazine rings is 1. The molecule has 0 atom stereocenters. The Kier molecular flexibility index (Phi) is 5.06. The third-order valence-corrected chi connectivity index (χ3v) is 4.90. The van der Waals surface area contributed by atoms with Crippen LogP contribution in [0.15, 0.2) is 22.3 Å². The molecule has 0 spiro atoms. The van der Waals surface area contributed by atoms with Crippen LogP contribution in [-0.2, 0) is 6.54 Å². The second-order valence-electron chi connectivity index (χ2n) is 5.92. The molecular formula is C16H21N5O2S. The highest BCUT2D eigenvalue weighted by Gasteiger charge is 2.23. The van der Waals surface area contributed by atoms with Crippen LogP contribution in [0.4, 0.5) is 0 Å². The van der Waals surface area contributed by atoms with E-state index in [1.54, 1.807) is 12.1 Å². The number of aromatic nitrogens is 3. The first-order chi connectivity index (χ1) is 11.5. The van der Waals surface area contributed by atoms with Gasteiger partial charge in [0.15, 0.2) is 0 Å². The molecule has 1 aliphatic rings. The Bertz CT molecular complexity index is 777. The quantitative estimate of drug-likeness (QED) is 0.817. The van der Waals surface area contributed by atoms with E-state index in [1.807, 2.05) is 24.1 Å². The molecule has 3 rings (SSSR count). The van der Waals surface area contributed by atoms with Crippen molar-refractivity contribution in [2.45, 2.75) is 20.4 Å². The molecule has 0 bridgehead atoms. The smallest absolute Gasteiger partial charge is 0.273 e. The van der Waals surface area contributed by atoms with E-state index in [4.69, 9.17) is 0 Å². The number of hydrogen-bond acceptors (Lipinski definition) is 6. The molecule has 0 unspecified atom stereocenters. The minimum atomic E-state index is -0.0756. The molecule has 1 saturated heterocycles. The van der Waals surface area contributed by atoms with Crippen molar-refractivity contribution >= 4 is 17.2 Å². The van der Waals surface area contributed by atoms with Crippen LogP contribution in [0.3, 0.4) is 0 Å². The molecule has 1 amide bonds. The first-order valence-corrected chi connectivity index (χ1v) is 8.89. The normalized spacial score (nSPS) is 15.7. The summed E-state index contributed by atoms with van der Waals surface area (Å²) in [6.07, 6.45) is 0. The third kappa shape index (κ3) is 3.88. The van der Waals surface area contributed by atoms with Gasteiger partial charge in [-0.2, -0.15) is 5.10 Å². The van der Waals surface area contributed by atoms with Gasteiger partial charge in [0.2, 0.25) is 0 Å². The van der Waals surface area contributed by atoms with Gasteiger partial charge in [-0.25, -0.2) is 9.67 Å². The summed E-state index contributed by atoms with van der Waals surface area (Å²) in [4.78, 5) is 32.5. The monoisotopic (exact) mass is 347 g/mol. The van der Waals surface area contributed by atoms with E-state index in [0.29, 0.717) is 25.3 Å². The topological polar surface area (TPSA) is 71.3 Å². The van der Waals surface area contributed by atoms with Gasteiger partial charge in [-0.15, -0.1) is 11.3 Å². The van der Waals surface area contributed by atoms with Crippen LogP contribution >= 0.6 is 11.3 Å². The SMILES string of the molecule is Cc1ccc(=O)n(CCN2CCN(C(=O)c3csc(C)n3)CC2)n1. The van der Waals surface area contributed by atoms with E-state index in [0.717, 1.165) is 30.3 Å². The van der Waals surface area contributed by atoms with Crippen LogP contribution in [0, 0.1) is 13.8 Å². The molecule has 0 saturated carbocycles. The summed E-state index contributed by atoms with van der Waals surface area (Å²) >= 11 is 1.50. The zero-order valence-corrected chi connectivity index (χ0v) is 14.8. The summed E-state index contributed by atoms with van der Waals surface area (Å²) in [5, 5.41) is 6.98. The van der Waals surface area contributed by atoms with E-state index in [1.165, 1.54) is 16.0 Å². The summed E-state index contributed by atoms with van der Waals surface area (Å²) in [5.41, 5.74) is 1.30. The third-order valence-electron chi connectivity index (χ3n) is 4.13. The van der Waals surface area contributed by atoms with Gasteiger partial charge >= 0.3 is 0 Å². The van der Waals surface area contributed by atoms with Crippen molar-refractivity contribution < 1.29 is 4.79 Å². The Morgan fingerprint density at radius 3 is 2.58 bits per heavy atom. The fourth-order valence-electron chi connectivity index (χ4n) is 2.75. The summed E-state index contributed by atoms with van der Waals surface area (Å²) in [6, 6.07) is 3.28. The van der Waals surface area contributed by atoms with Crippen LogP contribution in [-0.4, -0.2) is 63.2 Å². The van der Waals surface area contributed by atoms with Gasteiger partial charge in [0, 0.05) is 44.2 Å². The highest BCUT2D eigenvalue weighted by Crippen LogP contribution is 2.12. The Morgan fingerprint density at radius 1 is 1.17 bits per heavy atom. The molecule has 0 aliphatic carbocycles. The lowest BCUT2D eigenvalue weighted by molar-refractivity contribution is 0.0626. The number of rotatable bonds is 4. The van der Waals surface area contributed by atoms with Crippen molar-refractivity contribution in [3.63, 3.8) is 0 Å². The zero-order chi connectivity index (χ0) is 17.1. The molecular weight excluding hydrogens is 326 g/mol. The van der Waals surface area contributed by atoms with E-state index >= 15 is 0 Å². The number of hydrogen-bond donors (Lipinski definition) is 0. The molecule has 1 aliphatic heterocycles. The highest BCUT2D eigenvalue weighted by molar-refractivity contribution is 7.09. The van der Waals surface area contributed by atoms with Crippen molar-refractivity contribution in [3.8, 4) is 0 Å². The van der Waals surface area contributed by atoms with Crippen LogP contribution in [0.25, 0.3) is 0 Å². The standard InChI is InChI=1S/C16H21N5O2S/c1-12-3-4-15(22)21(18-12)10-7-19-5-8-20(9-6-19)16(23)14-11-24-13(2)17-14/h3-4,11H,5-10H2,1-2H3. The molecule has 8 heteroatoms. The second-order valence-corrected chi connectivity index (χ2v) is 6.98. The molecule has 3 heterocycles. The maximum Gasteiger partial charge on any atom is 0.273 e. The summed E-state index contributed by atoms with van der Waals surface area (Å²) in [6.45, 7) is 8.08. The summed E-state index contributed by atoms with van der Waals surface area (Å²) in [5.74, 6) is 0.00979. The predicted molar refractivity (Wildman–Crippen MR) is 92.4 cm³/mol.